The summed E-state index contributed by atoms with van der Waals surface area (Å²) in [6.45, 7) is 0. The molecule has 1 heterocycles. The van der Waals surface area contributed by atoms with Gasteiger partial charge in [-0.15, -0.1) is 0 Å². The number of hydrogen-bond donors (Lipinski definition) is 1. The highest BCUT2D eigenvalue weighted by atomic mass is 16.4. The largest absolute Gasteiger partial charge is 0.478 e. The van der Waals surface area contributed by atoms with Crippen LogP contribution in [0.5, 0.6) is 0 Å². The maximum atomic E-state index is 11.0. The maximum Gasteiger partial charge on any atom is 0.335 e. The number of hydrogen-bond acceptors (Lipinski definition) is 2. The van der Waals surface area contributed by atoms with Gasteiger partial charge in [-0.3, -0.25) is 4.68 Å². The highest BCUT2D eigenvalue weighted by Crippen LogP contribution is 2.28. The second-order valence-electron chi connectivity index (χ2n) is 6.36. The summed E-state index contributed by atoms with van der Waals surface area (Å²) in [7, 11) is 1.91. The van der Waals surface area contributed by atoms with Gasteiger partial charge in [0, 0.05) is 12.6 Å². The van der Waals surface area contributed by atoms with E-state index in [9.17, 15) is 4.79 Å². The lowest BCUT2D eigenvalue weighted by atomic mass is 10.0. The van der Waals surface area contributed by atoms with Gasteiger partial charge in [0.1, 0.15) is 0 Å². The number of benzene rings is 3. The van der Waals surface area contributed by atoms with Crippen molar-refractivity contribution in [3.05, 3.63) is 90.5 Å². The molecule has 0 amide bonds. The average Bonchev–Trinajstić information content (AvgIpc) is 3.10. The molecule has 132 valence electrons. The summed E-state index contributed by atoms with van der Waals surface area (Å²) >= 11 is 0. The van der Waals surface area contributed by atoms with E-state index in [1.165, 1.54) is 11.1 Å². The van der Waals surface area contributed by atoms with Crippen LogP contribution in [0.4, 0.5) is 0 Å². The van der Waals surface area contributed by atoms with Gasteiger partial charge in [0.05, 0.1) is 17.0 Å². The molecular formula is C23H18N2O2. The molecule has 0 fully saturated rings. The van der Waals surface area contributed by atoms with E-state index >= 15 is 0 Å². The summed E-state index contributed by atoms with van der Waals surface area (Å²) in [6, 6.07) is 27.5. The zero-order valence-electron chi connectivity index (χ0n) is 14.8. The van der Waals surface area contributed by atoms with Gasteiger partial charge in [0.15, 0.2) is 0 Å². The quantitative estimate of drug-likeness (QED) is 0.553. The first-order valence-electron chi connectivity index (χ1n) is 8.65. The Bertz CT molecular complexity index is 1080. The molecule has 4 rings (SSSR count). The summed E-state index contributed by atoms with van der Waals surface area (Å²) in [5, 5.41) is 13.6. The smallest absolute Gasteiger partial charge is 0.335 e. The van der Waals surface area contributed by atoms with E-state index in [0.29, 0.717) is 0 Å². The molecule has 1 N–H and O–H groups in total. The lowest BCUT2D eigenvalue weighted by Crippen LogP contribution is -1.95. The third-order valence-corrected chi connectivity index (χ3v) is 4.60. The number of aromatic carboxylic acids is 1. The molecule has 0 atom stereocenters. The van der Waals surface area contributed by atoms with Gasteiger partial charge >= 0.3 is 5.97 Å². The van der Waals surface area contributed by atoms with E-state index in [0.717, 1.165) is 22.5 Å². The Hall–Kier alpha value is -3.66. The fourth-order valence-electron chi connectivity index (χ4n) is 3.13. The second kappa shape index (κ2) is 6.92. The van der Waals surface area contributed by atoms with Crippen molar-refractivity contribution in [1.82, 2.24) is 9.78 Å². The molecule has 4 heteroatoms. The Morgan fingerprint density at radius 1 is 0.778 bits per heavy atom. The van der Waals surface area contributed by atoms with Crippen molar-refractivity contribution < 1.29 is 9.90 Å². The summed E-state index contributed by atoms with van der Waals surface area (Å²) in [5.74, 6) is -0.929. The van der Waals surface area contributed by atoms with E-state index in [4.69, 9.17) is 5.11 Å². The van der Waals surface area contributed by atoms with Crippen molar-refractivity contribution in [2.75, 3.05) is 0 Å². The number of rotatable bonds is 4. The lowest BCUT2D eigenvalue weighted by molar-refractivity contribution is 0.0697. The number of carbonyl (C=O) groups is 1. The fraction of sp³-hybridized carbons (Fsp3) is 0.0435. The summed E-state index contributed by atoms with van der Waals surface area (Å²) < 4.78 is 1.85. The van der Waals surface area contributed by atoms with Gasteiger partial charge in [0.2, 0.25) is 0 Å². The van der Waals surface area contributed by atoms with E-state index < -0.39 is 5.97 Å². The van der Waals surface area contributed by atoms with Crippen LogP contribution in [-0.4, -0.2) is 20.9 Å². The van der Waals surface area contributed by atoms with Crippen LogP contribution in [0.15, 0.2) is 84.9 Å². The lowest BCUT2D eigenvalue weighted by Gasteiger charge is -2.05. The number of carboxylic acids is 1. The predicted molar refractivity (Wildman–Crippen MR) is 106 cm³/mol. The molecule has 0 bridgehead atoms. The van der Waals surface area contributed by atoms with Gasteiger partial charge < -0.3 is 5.11 Å². The second-order valence-corrected chi connectivity index (χ2v) is 6.36. The zero-order chi connectivity index (χ0) is 18.8. The third-order valence-electron chi connectivity index (χ3n) is 4.60. The van der Waals surface area contributed by atoms with Crippen LogP contribution in [0.1, 0.15) is 10.4 Å². The Morgan fingerprint density at radius 3 is 1.96 bits per heavy atom. The molecule has 4 aromatic rings. The Labute approximate surface area is 157 Å². The average molecular weight is 354 g/mol. The maximum absolute atomic E-state index is 11.0. The minimum atomic E-state index is -0.929. The molecule has 0 aliphatic rings. The van der Waals surface area contributed by atoms with Crippen molar-refractivity contribution in [2.24, 2.45) is 7.05 Å². The first-order chi connectivity index (χ1) is 13.1. The SMILES string of the molecule is Cn1nc(-c2ccc(C(=O)O)cc2)cc1-c1ccc(-c2ccccc2)cc1. The Balaban J connectivity index is 1.64. The standard InChI is InChI=1S/C23H18N2O2/c1-25-22(15-21(24-25)18-9-13-20(14-10-18)23(26)27)19-11-7-17(8-12-19)16-5-3-2-4-6-16/h2-15H,1H3,(H,26,27). The van der Waals surface area contributed by atoms with Crippen LogP contribution in [-0.2, 0) is 7.05 Å². The van der Waals surface area contributed by atoms with Crippen LogP contribution in [0.3, 0.4) is 0 Å². The fourth-order valence-corrected chi connectivity index (χ4v) is 3.13. The molecule has 0 aliphatic heterocycles. The molecule has 0 radical (unpaired) electrons. The number of nitrogens with zero attached hydrogens (tertiary/aromatic N) is 2. The molecular weight excluding hydrogens is 336 g/mol. The van der Waals surface area contributed by atoms with E-state index in [1.807, 2.05) is 36.0 Å². The monoisotopic (exact) mass is 354 g/mol. The van der Waals surface area contributed by atoms with Crippen LogP contribution >= 0.6 is 0 Å². The molecule has 0 spiro atoms. The zero-order valence-corrected chi connectivity index (χ0v) is 14.8. The summed E-state index contributed by atoms with van der Waals surface area (Å²) in [4.78, 5) is 11.0. The van der Waals surface area contributed by atoms with Crippen LogP contribution in [0.2, 0.25) is 0 Å². The van der Waals surface area contributed by atoms with Crippen molar-refractivity contribution in [3.63, 3.8) is 0 Å². The van der Waals surface area contributed by atoms with Crippen molar-refractivity contribution in [2.45, 2.75) is 0 Å². The highest BCUT2D eigenvalue weighted by Gasteiger charge is 2.10. The van der Waals surface area contributed by atoms with Gasteiger partial charge in [-0.2, -0.15) is 5.10 Å². The summed E-state index contributed by atoms with van der Waals surface area (Å²) in [6.07, 6.45) is 0. The van der Waals surface area contributed by atoms with Crippen LogP contribution < -0.4 is 0 Å². The van der Waals surface area contributed by atoms with Crippen LogP contribution in [0, 0.1) is 0 Å². The normalized spacial score (nSPS) is 10.7. The highest BCUT2D eigenvalue weighted by molar-refractivity contribution is 5.88. The van der Waals surface area contributed by atoms with Crippen molar-refractivity contribution in [3.8, 4) is 33.6 Å². The Morgan fingerprint density at radius 2 is 1.33 bits per heavy atom. The van der Waals surface area contributed by atoms with Crippen LogP contribution in [0.25, 0.3) is 33.6 Å². The van der Waals surface area contributed by atoms with E-state index in [1.54, 1.807) is 24.3 Å². The van der Waals surface area contributed by atoms with E-state index in [-0.39, 0.29) is 5.56 Å². The minimum absolute atomic E-state index is 0.270. The van der Waals surface area contributed by atoms with Gasteiger partial charge in [-0.05, 0) is 34.9 Å². The topological polar surface area (TPSA) is 55.1 Å². The number of aryl methyl sites for hydroxylation is 1. The summed E-state index contributed by atoms with van der Waals surface area (Å²) in [5.41, 5.74) is 6.43. The van der Waals surface area contributed by atoms with Gasteiger partial charge in [-0.25, -0.2) is 4.79 Å². The van der Waals surface area contributed by atoms with Crippen molar-refractivity contribution >= 4 is 5.97 Å². The minimum Gasteiger partial charge on any atom is -0.478 e. The van der Waals surface area contributed by atoms with Gasteiger partial charge in [0.25, 0.3) is 0 Å². The van der Waals surface area contributed by atoms with E-state index in [2.05, 4.69) is 41.5 Å². The molecule has 0 aliphatic carbocycles. The van der Waals surface area contributed by atoms with Gasteiger partial charge in [-0.1, -0.05) is 66.7 Å². The number of carboxylic acid groups (broad SMARTS) is 1. The molecule has 0 unspecified atom stereocenters. The molecule has 0 saturated carbocycles. The first-order valence-corrected chi connectivity index (χ1v) is 8.65. The molecule has 0 saturated heterocycles. The van der Waals surface area contributed by atoms with Crippen molar-refractivity contribution in [1.29, 1.82) is 0 Å². The predicted octanol–water partition coefficient (Wildman–Crippen LogP) is 5.12. The molecule has 3 aromatic carbocycles. The number of aromatic nitrogens is 2. The Kier molecular flexibility index (Phi) is 4.30. The molecule has 27 heavy (non-hydrogen) atoms. The molecule has 4 nitrogen and oxygen atoms in total. The third kappa shape index (κ3) is 3.37. The molecule has 1 aromatic heterocycles. The first kappa shape index (κ1) is 16.8.